The molecule has 1 aromatic rings. The van der Waals surface area contributed by atoms with E-state index in [2.05, 4.69) is 26.9 Å². The van der Waals surface area contributed by atoms with Crippen molar-refractivity contribution in [3.8, 4) is 0 Å². The van der Waals surface area contributed by atoms with Crippen molar-refractivity contribution in [2.75, 3.05) is 39.8 Å². The highest BCUT2D eigenvalue weighted by Crippen LogP contribution is 2.20. The molecule has 2 saturated heterocycles. The minimum atomic E-state index is 0.213. The maximum absolute atomic E-state index is 12.0. The molecule has 0 atom stereocenters. The van der Waals surface area contributed by atoms with Crippen LogP contribution in [0.25, 0.3) is 0 Å². The van der Waals surface area contributed by atoms with Crippen LogP contribution in [0.1, 0.15) is 18.4 Å². The Morgan fingerprint density at radius 2 is 1.86 bits per heavy atom. The molecule has 0 spiro atoms. The number of pyridine rings is 1. The molecule has 3 heterocycles. The van der Waals surface area contributed by atoms with Crippen LogP contribution in [0.3, 0.4) is 0 Å². The zero-order valence-corrected chi connectivity index (χ0v) is 12.7. The zero-order chi connectivity index (χ0) is 14.7. The Labute approximate surface area is 126 Å². The van der Waals surface area contributed by atoms with Gasteiger partial charge in [-0.2, -0.15) is 0 Å². The monoisotopic (exact) mass is 288 g/mol. The summed E-state index contributed by atoms with van der Waals surface area (Å²) in [4.78, 5) is 22.5. The lowest BCUT2D eigenvalue weighted by atomic mass is 10.0. The second-order valence-corrected chi connectivity index (χ2v) is 6.08. The third kappa shape index (κ3) is 3.35. The number of likely N-dealkylation sites (tertiary alicyclic amines) is 1. The maximum atomic E-state index is 12.0. The van der Waals surface area contributed by atoms with Gasteiger partial charge in [-0.15, -0.1) is 0 Å². The van der Waals surface area contributed by atoms with Gasteiger partial charge in [0.25, 0.3) is 0 Å². The minimum Gasteiger partial charge on any atom is -0.326 e. The molecule has 5 nitrogen and oxygen atoms in total. The zero-order valence-electron chi connectivity index (χ0n) is 12.7. The fourth-order valence-corrected chi connectivity index (χ4v) is 3.30. The summed E-state index contributed by atoms with van der Waals surface area (Å²) >= 11 is 0. The van der Waals surface area contributed by atoms with Gasteiger partial charge in [0, 0.05) is 58.2 Å². The largest absolute Gasteiger partial charge is 0.326 e. The Balaban J connectivity index is 1.44. The SMILES string of the molecule is CN1CCN(C2CCN(CCc3ccncc3)CC2)C1=O. The molecule has 2 fully saturated rings. The number of piperidine rings is 1. The topological polar surface area (TPSA) is 39.7 Å². The van der Waals surface area contributed by atoms with E-state index in [-0.39, 0.29) is 6.03 Å². The molecule has 2 amide bonds. The molecule has 114 valence electrons. The van der Waals surface area contributed by atoms with Gasteiger partial charge in [-0.3, -0.25) is 4.98 Å². The van der Waals surface area contributed by atoms with Crippen LogP contribution in [-0.2, 0) is 6.42 Å². The molecule has 0 N–H and O–H groups in total. The van der Waals surface area contributed by atoms with Crippen molar-refractivity contribution in [2.45, 2.75) is 25.3 Å². The van der Waals surface area contributed by atoms with Gasteiger partial charge < -0.3 is 14.7 Å². The summed E-state index contributed by atoms with van der Waals surface area (Å²) in [5.74, 6) is 0. The number of carbonyl (C=O) groups is 1. The predicted octanol–water partition coefficient (Wildman–Crippen LogP) is 1.46. The Morgan fingerprint density at radius 3 is 2.48 bits per heavy atom. The molecule has 0 saturated carbocycles. The molecule has 0 aliphatic carbocycles. The fraction of sp³-hybridized carbons (Fsp3) is 0.625. The molecule has 0 bridgehead atoms. The number of hydrogen-bond donors (Lipinski definition) is 0. The Morgan fingerprint density at radius 1 is 1.14 bits per heavy atom. The number of carbonyl (C=O) groups excluding carboxylic acids is 1. The van der Waals surface area contributed by atoms with Crippen molar-refractivity contribution < 1.29 is 4.79 Å². The summed E-state index contributed by atoms with van der Waals surface area (Å²) in [5, 5.41) is 0. The van der Waals surface area contributed by atoms with Crippen molar-refractivity contribution in [2.24, 2.45) is 0 Å². The number of urea groups is 1. The van der Waals surface area contributed by atoms with Gasteiger partial charge in [-0.25, -0.2) is 4.79 Å². The van der Waals surface area contributed by atoms with E-state index >= 15 is 0 Å². The quantitative estimate of drug-likeness (QED) is 0.842. The van der Waals surface area contributed by atoms with Crippen molar-refractivity contribution >= 4 is 6.03 Å². The number of aromatic nitrogens is 1. The number of likely N-dealkylation sites (N-methyl/N-ethyl adjacent to an activating group) is 1. The van der Waals surface area contributed by atoms with Gasteiger partial charge in [0.05, 0.1) is 0 Å². The van der Waals surface area contributed by atoms with Crippen molar-refractivity contribution in [1.29, 1.82) is 0 Å². The first-order chi connectivity index (χ1) is 10.2. The molecular weight excluding hydrogens is 264 g/mol. The standard InChI is InChI=1S/C16H24N4O/c1-18-12-13-20(16(18)21)15-5-10-19(11-6-15)9-4-14-2-7-17-8-3-14/h2-3,7-8,15H,4-6,9-13H2,1H3. The van der Waals surface area contributed by atoms with E-state index in [9.17, 15) is 4.79 Å². The van der Waals surface area contributed by atoms with E-state index in [0.717, 1.165) is 52.0 Å². The van der Waals surface area contributed by atoms with Gasteiger partial charge in [-0.05, 0) is 37.0 Å². The van der Waals surface area contributed by atoms with Crippen LogP contribution >= 0.6 is 0 Å². The van der Waals surface area contributed by atoms with Crippen molar-refractivity contribution in [3.63, 3.8) is 0 Å². The summed E-state index contributed by atoms with van der Waals surface area (Å²) in [7, 11) is 1.90. The third-order valence-electron chi connectivity index (χ3n) is 4.71. The first-order valence-corrected chi connectivity index (χ1v) is 7.87. The van der Waals surface area contributed by atoms with E-state index in [0.29, 0.717) is 6.04 Å². The summed E-state index contributed by atoms with van der Waals surface area (Å²) in [6.07, 6.45) is 7.01. The second-order valence-electron chi connectivity index (χ2n) is 6.08. The van der Waals surface area contributed by atoms with Gasteiger partial charge >= 0.3 is 6.03 Å². The lowest BCUT2D eigenvalue weighted by Crippen LogP contribution is -2.46. The lowest BCUT2D eigenvalue weighted by Gasteiger charge is -2.36. The minimum absolute atomic E-state index is 0.213. The summed E-state index contributed by atoms with van der Waals surface area (Å²) in [5.41, 5.74) is 1.35. The molecule has 2 aliphatic rings. The molecule has 2 aliphatic heterocycles. The summed E-state index contributed by atoms with van der Waals surface area (Å²) in [6.45, 7) is 5.08. The van der Waals surface area contributed by atoms with Crippen LogP contribution in [0.4, 0.5) is 4.79 Å². The van der Waals surface area contributed by atoms with Crippen LogP contribution in [0.5, 0.6) is 0 Å². The number of nitrogens with zero attached hydrogens (tertiary/aromatic N) is 4. The fourth-order valence-electron chi connectivity index (χ4n) is 3.30. The van der Waals surface area contributed by atoms with Gasteiger partial charge in [0.1, 0.15) is 0 Å². The first-order valence-electron chi connectivity index (χ1n) is 7.87. The van der Waals surface area contributed by atoms with E-state index < -0.39 is 0 Å². The van der Waals surface area contributed by atoms with E-state index in [1.54, 1.807) is 0 Å². The van der Waals surface area contributed by atoms with Gasteiger partial charge in [-0.1, -0.05) is 0 Å². The Hall–Kier alpha value is -1.62. The number of hydrogen-bond acceptors (Lipinski definition) is 3. The van der Waals surface area contributed by atoms with Crippen LogP contribution in [-0.4, -0.2) is 71.5 Å². The molecule has 0 aromatic carbocycles. The highest BCUT2D eigenvalue weighted by atomic mass is 16.2. The molecule has 1 aromatic heterocycles. The second kappa shape index (κ2) is 6.43. The smallest absolute Gasteiger partial charge is 0.320 e. The highest BCUT2D eigenvalue weighted by Gasteiger charge is 2.33. The average Bonchev–Trinajstić information content (AvgIpc) is 2.87. The number of amides is 2. The predicted molar refractivity (Wildman–Crippen MR) is 82.1 cm³/mol. The molecule has 0 unspecified atom stereocenters. The van der Waals surface area contributed by atoms with Gasteiger partial charge in [0.2, 0.25) is 0 Å². The molecular formula is C16H24N4O. The van der Waals surface area contributed by atoms with Crippen LogP contribution in [0.15, 0.2) is 24.5 Å². The Bertz CT molecular complexity index is 470. The Kier molecular flexibility index (Phi) is 4.39. The normalized spacial score (nSPS) is 21.3. The molecule has 21 heavy (non-hydrogen) atoms. The van der Waals surface area contributed by atoms with E-state index in [4.69, 9.17) is 0 Å². The molecule has 5 heteroatoms. The highest BCUT2D eigenvalue weighted by molar-refractivity contribution is 5.76. The van der Waals surface area contributed by atoms with Crippen LogP contribution in [0.2, 0.25) is 0 Å². The van der Waals surface area contributed by atoms with Crippen molar-refractivity contribution in [1.82, 2.24) is 19.7 Å². The van der Waals surface area contributed by atoms with Crippen LogP contribution < -0.4 is 0 Å². The average molecular weight is 288 g/mol. The molecule has 3 rings (SSSR count). The summed E-state index contributed by atoms with van der Waals surface area (Å²) < 4.78 is 0. The van der Waals surface area contributed by atoms with Crippen LogP contribution in [0, 0.1) is 0 Å². The molecule has 0 radical (unpaired) electrons. The summed E-state index contributed by atoms with van der Waals surface area (Å²) in [6, 6.07) is 4.83. The van der Waals surface area contributed by atoms with Gasteiger partial charge in [0.15, 0.2) is 0 Å². The van der Waals surface area contributed by atoms with E-state index in [1.807, 2.05) is 24.3 Å². The first kappa shape index (κ1) is 14.3. The third-order valence-corrected chi connectivity index (χ3v) is 4.71. The van der Waals surface area contributed by atoms with E-state index in [1.165, 1.54) is 5.56 Å². The van der Waals surface area contributed by atoms with Crippen molar-refractivity contribution in [3.05, 3.63) is 30.1 Å². The maximum Gasteiger partial charge on any atom is 0.320 e. The number of rotatable bonds is 4. The lowest BCUT2D eigenvalue weighted by molar-refractivity contribution is 0.132.